The highest BCUT2D eigenvalue weighted by molar-refractivity contribution is 6.32. The van der Waals surface area contributed by atoms with Crippen molar-refractivity contribution in [2.75, 3.05) is 0 Å². The van der Waals surface area contributed by atoms with Crippen LogP contribution in [-0.2, 0) is 13.6 Å². The van der Waals surface area contributed by atoms with Crippen LogP contribution in [-0.4, -0.2) is 9.55 Å². The molecule has 0 aliphatic heterocycles. The summed E-state index contributed by atoms with van der Waals surface area (Å²) in [5, 5.41) is 0.542. The topological polar surface area (TPSA) is 70.1 Å². The molecule has 0 amide bonds. The summed E-state index contributed by atoms with van der Waals surface area (Å²) in [4.78, 5) is 16.5. The lowest BCUT2D eigenvalue weighted by atomic mass is 10.1. The van der Waals surface area contributed by atoms with E-state index in [-0.39, 0.29) is 22.9 Å². The van der Waals surface area contributed by atoms with E-state index in [0.717, 1.165) is 0 Å². The maximum absolute atomic E-state index is 14.1. The van der Waals surface area contributed by atoms with Gasteiger partial charge in [-0.3, -0.25) is 4.79 Å². The molecule has 5 nitrogen and oxygen atoms in total. The molecule has 3 aromatic rings. The monoisotopic (exact) mass is 347 g/mol. The van der Waals surface area contributed by atoms with Crippen LogP contribution in [0.3, 0.4) is 0 Å². The Morgan fingerprint density at radius 2 is 2.08 bits per heavy atom. The van der Waals surface area contributed by atoms with E-state index in [4.69, 9.17) is 22.1 Å². The average Bonchev–Trinajstić information content (AvgIpc) is 2.56. The third-order valence-electron chi connectivity index (χ3n) is 3.86. The number of rotatable bonds is 3. The SMILES string of the molecule is Cc1c(Oc2c(F)ccc(CN)c2Cl)ccc2ncn(C)c(=O)c12. The zero-order valence-electron chi connectivity index (χ0n) is 13.1. The van der Waals surface area contributed by atoms with Gasteiger partial charge in [0.1, 0.15) is 5.75 Å². The molecule has 0 saturated carbocycles. The van der Waals surface area contributed by atoms with Crippen molar-refractivity contribution >= 4 is 22.5 Å². The van der Waals surface area contributed by atoms with Gasteiger partial charge in [0.2, 0.25) is 0 Å². The van der Waals surface area contributed by atoms with Gasteiger partial charge >= 0.3 is 0 Å². The molecule has 0 bridgehead atoms. The van der Waals surface area contributed by atoms with Gasteiger partial charge in [-0.1, -0.05) is 17.7 Å². The number of aromatic nitrogens is 2. The van der Waals surface area contributed by atoms with E-state index in [0.29, 0.717) is 27.8 Å². The summed E-state index contributed by atoms with van der Waals surface area (Å²) in [7, 11) is 1.61. The van der Waals surface area contributed by atoms with E-state index in [2.05, 4.69) is 4.98 Å². The largest absolute Gasteiger partial charge is 0.452 e. The molecule has 0 unspecified atom stereocenters. The van der Waals surface area contributed by atoms with Gasteiger partial charge in [-0.05, 0) is 30.7 Å². The normalized spacial score (nSPS) is 11.0. The molecule has 0 atom stereocenters. The van der Waals surface area contributed by atoms with E-state index < -0.39 is 5.82 Å². The summed E-state index contributed by atoms with van der Waals surface area (Å²) in [6.07, 6.45) is 1.45. The molecule has 0 aliphatic carbocycles. The first kappa shape index (κ1) is 16.4. The number of fused-ring (bicyclic) bond motifs is 1. The van der Waals surface area contributed by atoms with Crippen LogP contribution in [0.4, 0.5) is 4.39 Å². The lowest BCUT2D eigenvalue weighted by molar-refractivity contribution is 0.439. The minimum atomic E-state index is -0.601. The molecule has 2 N–H and O–H groups in total. The zero-order valence-corrected chi connectivity index (χ0v) is 13.9. The summed E-state index contributed by atoms with van der Waals surface area (Å²) in [6, 6.07) is 6.05. The van der Waals surface area contributed by atoms with Crippen molar-refractivity contribution in [2.24, 2.45) is 12.8 Å². The Hall–Kier alpha value is -2.44. The van der Waals surface area contributed by atoms with Crippen LogP contribution in [0.5, 0.6) is 11.5 Å². The molecule has 1 aromatic heterocycles. The second-order valence-corrected chi connectivity index (χ2v) is 5.78. The third-order valence-corrected chi connectivity index (χ3v) is 4.27. The number of ether oxygens (including phenoxy) is 1. The predicted octanol–water partition coefficient (Wildman–Crippen LogP) is 3.29. The number of halogens is 2. The fraction of sp³-hybridized carbons (Fsp3) is 0.176. The van der Waals surface area contributed by atoms with Crippen LogP contribution < -0.4 is 16.0 Å². The number of hydrogen-bond donors (Lipinski definition) is 1. The standard InChI is InChI=1S/C17H15ClFN3O2/c1-9-13(6-5-12-14(9)17(23)22(2)8-21-12)24-16-11(19)4-3-10(7-20)15(16)18/h3-6,8H,7,20H2,1-2H3. The smallest absolute Gasteiger partial charge is 0.261 e. The second-order valence-electron chi connectivity index (χ2n) is 5.40. The van der Waals surface area contributed by atoms with Gasteiger partial charge in [-0.2, -0.15) is 0 Å². The van der Waals surface area contributed by atoms with Crippen molar-refractivity contribution in [3.63, 3.8) is 0 Å². The van der Waals surface area contributed by atoms with Gasteiger partial charge in [-0.25, -0.2) is 9.37 Å². The highest BCUT2D eigenvalue weighted by Crippen LogP contribution is 2.36. The summed E-state index contributed by atoms with van der Waals surface area (Å²) in [5.41, 5.74) is 7.07. The first-order valence-electron chi connectivity index (χ1n) is 7.23. The molecule has 0 saturated heterocycles. The zero-order chi connectivity index (χ0) is 17.4. The molecule has 1 heterocycles. The van der Waals surface area contributed by atoms with Crippen LogP contribution in [0.15, 0.2) is 35.4 Å². The number of benzene rings is 2. The Balaban J connectivity index is 2.17. The third kappa shape index (κ3) is 2.64. The van der Waals surface area contributed by atoms with E-state index in [1.807, 2.05) is 0 Å². The van der Waals surface area contributed by atoms with Gasteiger partial charge < -0.3 is 15.0 Å². The summed E-state index contributed by atoms with van der Waals surface area (Å²) < 4.78 is 21.2. The molecule has 0 fully saturated rings. The van der Waals surface area contributed by atoms with E-state index in [9.17, 15) is 9.18 Å². The van der Waals surface area contributed by atoms with Crippen LogP contribution >= 0.6 is 11.6 Å². The number of nitrogens with zero attached hydrogens (tertiary/aromatic N) is 2. The Kier molecular flexibility index (Phi) is 4.26. The van der Waals surface area contributed by atoms with Crippen molar-refractivity contribution in [3.05, 3.63) is 62.9 Å². The Morgan fingerprint density at radius 3 is 2.79 bits per heavy atom. The highest BCUT2D eigenvalue weighted by Gasteiger charge is 2.16. The summed E-state index contributed by atoms with van der Waals surface area (Å²) in [5.74, 6) is -0.374. The number of hydrogen-bond acceptors (Lipinski definition) is 4. The van der Waals surface area contributed by atoms with E-state index >= 15 is 0 Å². The molecule has 7 heteroatoms. The quantitative estimate of drug-likeness (QED) is 0.789. The first-order chi connectivity index (χ1) is 11.4. The van der Waals surface area contributed by atoms with Gasteiger partial charge in [-0.15, -0.1) is 0 Å². The summed E-state index contributed by atoms with van der Waals surface area (Å²) >= 11 is 6.17. The van der Waals surface area contributed by atoms with Crippen molar-refractivity contribution in [3.8, 4) is 11.5 Å². The minimum Gasteiger partial charge on any atom is -0.452 e. The number of nitrogens with two attached hydrogens (primary N) is 1. The Labute approximate surface area is 142 Å². The van der Waals surface area contributed by atoms with Gasteiger partial charge in [0.05, 0.1) is 22.3 Å². The van der Waals surface area contributed by atoms with Crippen molar-refractivity contribution < 1.29 is 9.13 Å². The molecule has 0 radical (unpaired) electrons. The molecular weight excluding hydrogens is 333 g/mol. The van der Waals surface area contributed by atoms with Crippen LogP contribution in [0.2, 0.25) is 5.02 Å². The summed E-state index contributed by atoms with van der Waals surface area (Å²) in [6.45, 7) is 1.88. The lowest BCUT2D eigenvalue weighted by Crippen LogP contribution is -2.18. The predicted molar refractivity (Wildman–Crippen MR) is 91.1 cm³/mol. The molecule has 124 valence electrons. The highest BCUT2D eigenvalue weighted by atomic mass is 35.5. The Morgan fingerprint density at radius 1 is 1.33 bits per heavy atom. The Bertz CT molecular complexity index is 1000. The fourth-order valence-corrected chi connectivity index (χ4v) is 2.75. The van der Waals surface area contributed by atoms with Crippen molar-refractivity contribution in [1.82, 2.24) is 9.55 Å². The molecule has 2 aromatic carbocycles. The van der Waals surface area contributed by atoms with E-state index in [1.165, 1.54) is 23.0 Å². The van der Waals surface area contributed by atoms with Crippen molar-refractivity contribution in [1.29, 1.82) is 0 Å². The second kappa shape index (κ2) is 6.22. The van der Waals surface area contributed by atoms with Crippen LogP contribution in [0.25, 0.3) is 10.9 Å². The fourth-order valence-electron chi connectivity index (χ4n) is 2.48. The first-order valence-corrected chi connectivity index (χ1v) is 7.61. The van der Waals surface area contributed by atoms with E-state index in [1.54, 1.807) is 26.1 Å². The van der Waals surface area contributed by atoms with Crippen LogP contribution in [0, 0.1) is 12.7 Å². The molecule has 24 heavy (non-hydrogen) atoms. The lowest BCUT2D eigenvalue weighted by Gasteiger charge is -2.14. The van der Waals surface area contributed by atoms with Gasteiger partial charge in [0, 0.05) is 19.2 Å². The maximum Gasteiger partial charge on any atom is 0.261 e. The molecule has 3 rings (SSSR count). The van der Waals surface area contributed by atoms with Crippen LogP contribution in [0.1, 0.15) is 11.1 Å². The minimum absolute atomic E-state index is 0.109. The van der Waals surface area contributed by atoms with Gasteiger partial charge in [0.25, 0.3) is 5.56 Å². The molecular formula is C17H15ClFN3O2. The molecule has 0 aliphatic rings. The van der Waals surface area contributed by atoms with Gasteiger partial charge in [0.15, 0.2) is 11.6 Å². The maximum atomic E-state index is 14.1. The van der Waals surface area contributed by atoms with Crippen molar-refractivity contribution in [2.45, 2.75) is 13.5 Å². The average molecular weight is 348 g/mol. The molecule has 0 spiro atoms. The number of aryl methyl sites for hydroxylation is 2.